The molecule has 0 saturated carbocycles. The van der Waals surface area contributed by atoms with Crippen LogP contribution < -0.4 is 4.90 Å². The van der Waals surface area contributed by atoms with E-state index in [0.717, 1.165) is 13.0 Å². The third-order valence-corrected chi connectivity index (χ3v) is 4.56. The van der Waals surface area contributed by atoms with Gasteiger partial charge in [0.15, 0.2) is 5.72 Å². The maximum atomic E-state index is 6.27. The van der Waals surface area contributed by atoms with Gasteiger partial charge >= 0.3 is 0 Å². The topological polar surface area (TPSA) is 12.5 Å². The number of nitrogens with zero attached hydrogens (tertiary/aromatic N) is 1. The summed E-state index contributed by atoms with van der Waals surface area (Å²) in [6, 6.07) is 19.3. The summed E-state index contributed by atoms with van der Waals surface area (Å²) < 4.78 is 6.27. The zero-order valence-electron chi connectivity index (χ0n) is 11.0. The van der Waals surface area contributed by atoms with Gasteiger partial charge in [0.05, 0.1) is 6.61 Å². The van der Waals surface area contributed by atoms with Crippen molar-refractivity contribution in [1.82, 2.24) is 0 Å². The van der Waals surface area contributed by atoms with E-state index in [1.807, 2.05) is 0 Å². The quantitative estimate of drug-likeness (QED) is 0.769. The Balaban J connectivity index is 1.94. The van der Waals surface area contributed by atoms with Crippen molar-refractivity contribution >= 4 is 5.69 Å². The molecule has 2 aliphatic heterocycles. The van der Waals surface area contributed by atoms with Crippen LogP contribution in [0, 0.1) is 0 Å². The maximum Gasteiger partial charge on any atom is 0.174 e. The van der Waals surface area contributed by atoms with Gasteiger partial charge in [0.25, 0.3) is 0 Å². The summed E-state index contributed by atoms with van der Waals surface area (Å²) >= 11 is 0. The summed E-state index contributed by atoms with van der Waals surface area (Å²) in [6.07, 6.45) is 1.09. The fourth-order valence-corrected chi connectivity index (χ4v) is 3.75. The first-order chi connectivity index (χ1) is 9.34. The monoisotopic (exact) mass is 251 g/mol. The molecule has 0 aliphatic carbocycles. The lowest BCUT2D eigenvalue weighted by Crippen LogP contribution is -2.42. The largest absolute Gasteiger partial charge is 0.351 e. The molecular weight excluding hydrogens is 234 g/mol. The van der Waals surface area contributed by atoms with Crippen molar-refractivity contribution in [2.75, 3.05) is 18.6 Å². The summed E-state index contributed by atoms with van der Waals surface area (Å²) in [7, 11) is 2.15. The Morgan fingerprint density at radius 2 is 1.79 bits per heavy atom. The van der Waals surface area contributed by atoms with Gasteiger partial charge < -0.3 is 9.64 Å². The molecule has 2 nitrogen and oxygen atoms in total. The van der Waals surface area contributed by atoms with Crippen molar-refractivity contribution in [3.63, 3.8) is 0 Å². The minimum Gasteiger partial charge on any atom is -0.351 e. The number of likely N-dealkylation sites (N-methyl/N-ethyl adjacent to an activating group) is 1. The Hall–Kier alpha value is -1.80. The number of hydrogen-bond donors (Lipinski definition) is 0. The first kappa shape index (κ1) is 11.1. The summed E-state index contributed by atoms with van der Waals surface area (Å²) in [5.74, 6) is 0.441. The van der Waals surface area contributed by atoms with Crippen molar-refractivity contribution in [1.29, 1.82) is 0 Å². The van der Waals surface area contributed by atoms with Gasteiger partial charge in [-0.25, -0.2) is 0 Å². The summed E-state index contributed by atoms with van der Waals surface area (Å²) in [4.78, 5) is 2.31. The third kappa shape index (κ3) is 1.30. The molecule has 2 atom stereocenters. The number of anilines is 1. The number of hydrogen-bond acceptors (Lipinski definition) is 2. The highest BCUT2D eigenvalue weighted by molar-refractivity contribution is 5.65. The van der Waals surface area contributed by atoms with Crippen LogP contribution in [0.5, 0.6) is 0 Å². The lowest BCUT2D eigenvalue weighted by molar-refractivity contribution is -0.00200. The number of rotatable bonds is 1. The van der Waals surface area contributed by atoms with Crippen molar-refractivity contribution in [3.8, 4) is 0 Å². The molecule has 0 spiro atoms. The molecule has 0 radical (unpaired) electrons. The lowest BCUT2D eigenvalue weighted by atomic mass is 9.86. The molecule has 19 heavy (non-hydrogen) atoms. The van der Waals surface area contributed by atoms with Gasteiger partial charge in [-0.1, -0.05) is 48.5 Å². The van der Waals surface area contributed by atoms with Gasteiger partial charge in [-0.05, 0) is 18.1 Å². The Bertz CT molecular complexity index is 610. The molecular formula is C17H17NO. The average molecular weight is 251 g/mol. The zero-order chi connectivity index (χ0) is 12.9. The van der Waals surface area contributed by atoms with E-state index in [9.17, 15) is 0 Å². The van der Waals surface area contributed by atoms with E-state index < -0.39 is 0 Å². The molecule has 2 heterocycles. The minimum atomic E-state index is -0.301. The Morgan fingerprint density at radius 3 is 2.63 bits per heavy atom. The molecule has 0 amide bonds. The van der Waals surface area contributed by atoms with Gasteiger partial charge in [-0.15, -0.1) is 0 Å². The number of ether oxygens (including phenoxy) is 1. The maximum absolute atomic E-state index is 6.27. The van der Waals surface area contributed by atoms with E-state index in [4.69, 9.17) is 4.74 Å². The zero-order valence-corrected chi connectivity index (χ0v) is 11.0. The lowest BCUT2D eigenvalue weighted by Gasteiger charge is -2.37. The molecule has 96 valence electrons. The van der Waals surface area contributed by atoms with Gasteiger partial charge in [0.2, 0.25) is 0 Å². The van der Waals surface area contributed by atoms with Crippen LogP contribution in [0.15, 0.2) is 54.6 Å². The molecule has 2 aromatic rings. The number of benzene rings is 2. The van der Waals surface area contributed by atoms with Crippen LogP contribution in [0.4, 0.5) is 5.69 Å². The molecule has 1 fully saturated rings. The molecule has 0 aromatic heterocycles. The summed E-state index contributed by atoms with van der Waals surface area (Å²) in [5.41, 5.74) is 3.68. The molecule has 0 N–H and O–H groups in total. The second-order valence-corrected chi connectivity index (χ2v) is 5.37. The van der Waals surface area contributed by atoms with Crippen LogP contribution in [-0.4, -0.2) is 13.7 Å². The van der Waals surface area contributed by atoms with Crippen LogP contribution in [0.3, 0.4) is 0 Å². The molecule has 4 rings (SSSR count). The Morgan fingerprint density at radius 1 is 1.05 bits per heavy atom. The molecule has 0 bridgehead atoms. The Kier molecular flexibility index (Phi) is 2.24. The van der Waals surface area contributed by atoms with Crippen LogP contribution in [0.2, 0.25) is 0 Å². The van der Waals surface area contributed by atoms with Gasteiger partial charge in [-0.3, -0.25) is 0 Å². The summed E-state index contributed by atoms with van der Waals surface area (Å²) in [6.45, 7) is 0.832. The van der Waals surface area contributed by atoms with Crippen LogP contribution >= 0.6 is 0 Å². The fourth-order valence-electron chi connectivity index (χ4n) is 3.75. The number of fused-ring (bicyclic) bond motifs is 3. The molecule has 1 saturated heterocycles. The second kappa shape index (κ2) is 3.84. The van der Waals surface area contributed by atoms with E-state index in [-0.39, 0.29) is 5.72 Å². The van der Waals surface area contributed by atoms with E-state index in [2.05, 4.69) is 66.5 Å². The highest BCUT2D eigenvalue weighted by Gasteiger charge is 2.55. The average Bonchev–Trinajstić information content (AvgIpc) is 3.01. The van der Waals surface area contributed by atoms with Gasteiger partial charge in [0.1, 0.15) is 0 Å². The van der Waals surface area contributed by atoms with E-state index in [0.29, 0.717) is 5.92 Å². The highest BCUT2D eigenvalue weighted by Crippen LogP contribution is 2.57. The standard InChI is InChI=1S/C17H17NO/c1-18-16-10-6-5-9-14(16)15-11-12-19-17(15,18)13-7-3-2-4-8-13/h2-10,15H,11-12H2,1H3/t15-,17+/m1/s1. The van der Waals surface area contributed by atoms with Crippen LogP contribution in [0.25, 0.3) is 0 Å². The van der Waals surface area contributed by atoms with E-state index >= 15 is 0 Å². The van der Waals surface area contributed by atoms with Crippen LogP contribution in [-0.2, 0) is 10.5 Å². The highest BCUT2D eigenvalue weighted by atomic mass is 16.5. The van der Waals surface area contributed by atoms with Gasteiger partial charge in [-0.2, -0.15) is 0 Å². The smallest absolute Gasteiger partial charge is 0.174 e. The van der Waals surface area contributed by atoms with Crippen molar-refractivity contribution in [3.05, 3.63) is 65.7 Å². The van der Waals surface area contributed by atoms with E-state index in [1.165, 1.54) is 16.8 Å². The van der Waals surface area contributed by atoms with Crippen molar-refractivity contribution in [2.24, 2.45) is 0 Å². The minimum absolute atomic E-state index is 0.301. The summed E-state index contributed by atoms with van der Waals surface area (Å²) in [5, 5.41) is 0. The first-order valence-corrected chi connectivity index (χ1v) is 6.86. The molecule has 2 heteroatoms. The fraction of sp³-hybridized carbons (Fsp3) is 0.294. The second-order valence-electron chi connectivity index (χ2n) is 5.37. The van der Waals surface area contributed by atoms with Crippen LogP contribution in [0.1, 0.15) is 23.5 Å². The third-order valence-electron chi connectivity index (χ3n) is 4.56. The van der Waals surface area contributed by atoms with Crippen molar-refractivity contribution in [2.45, 2.75) is 18.1 Å². The van der Waals surface area contributed by atoms with E-state index in [1.54, 1.807) is 0 Å². The molecule has 2 aromatic carbocycles. The predicted molar refractivity (Wildman–Crippen MR) is 76.3 cm³/mol. The van der Waals surface area contributed by atoms with Crippen molar-refractivity contribution < 1.29 is 4.74 Å². The molecule has 0 unspecified atom stereocenters. The Labute approximate surface area is 113 Å². The predicted octanol–water partition coefficient (Wildman–Crippen LogP) is 3.49. The van der Waals surface area contributed by atoms with Gasteiger partial charge in [0, 0.05) is 24.2 Å². The normalized spacial score (nSPS) is 28.3. The molecule has 2 aliphatic rings. The first-order valence-electron chi connectivity index (χ1n) is 6.86. The SMILES string of the molecule is CN1c2ccccc2[C@H]2CCO[C@@]21c1ccccc1. The number of para-hydroxylation sites is 1.